The van der Waals surface area contributed by atoms with Crippen LogP contribution in [0.1, 0.15) is 36.0 Å². The normalized spacial score (nSPS) is 16.0. The monoisotopic (exact) mass is 435 g/mol. The SMILES string of the molecule is Cc1ncnn1-c1ccc(Nc2nc3n(n2)CCC(=O)CC3c2ccc(F)cc2)cc1F. The first kappa shape index (κ1) is 20.0. The molecule has 1 aliphatic heterocycles. The van der Waals surface area contributed by atoms with Gasteiger partial charge in [-0.25, -0.2) is 23.1 Å². The van der Waals surface area contributed by atoms with Crippen molar-refractivity contribution in [3.63, 3.8) is 0 Å². The van der Waals surface area contributed by atoms with E-state index in [4.69, 9.17) is 0 Å². The summed E-state index contributed by atoms with van der Waals surface area (Å²) < 4.78 is 31.2. The highest BCUT2D eigenvalue weighted by molar-refractivity contribution is 5.80. The van der Waals surface area contributed by atoms with Gasteiger partial charge in [0.1, 0.15) is 35.3 Å². The molecule has 1 atom stereocenters. The van der Waals surface area contributed by atoms with E-state index >= 15 is 0 Å². The Labute approximate surface area is 181 Å². The molecule has 0 bridgehead atoms. The Bertz CT molecular complexity index is 1300. The molecule has 1 unspecified atom stereocenters. The van der Waals surface area contributed by atoms with E-state index in [2.05, 4.69) is 25.5 Å². The number of hydrogen-bond acceptors (Lipinski definition) is 6. The van der Waals surface area contributed by atoms with Crippen LogP contribution in [0.4, 0.5) is 20.4 Å². The Morgan fingerprint density at radius 2 is 1.94 bits per heavy atom. The summed E-state index contributed by atoms with van der Waals surface area (Å²) in [4.78, 5) is 20.9. The zero-order valence-electron chi connectivity index (χ0n) is 17.2. The van der Waals surface area contributed by atoms with Gasteiger partial charge in [-0.3, -0.25) is 4.79 Å². The maximum atomic E-state index is 14.7. The summed E-state index contributed by atoms with van der Waals surface area (Å²) in [6, 6.07) is 10.7. The van der Waals surface area contributed by atoms with Crippen molar-refractivity contribution >= 4 is 17.4 Å². The maximum Gasteiger partial charge on any atom is 0.246 e. The number of carbonyl (C=O) groups excluding carboxylic acids is 1. The first-order valence-electron chi connectivity index (χ1n) is 10.1. The molecule has 0 spiro atoms. The molecule has 32 heavy (non-hydrogen) atoms. The fourth-order valence-corrected chi connectivity index (χ4v) is 3.86. The van der Waals surface area contributed by atoms with Gasteiger partial charge in [0.15, 0.2) is 5.82 Å². The van der Waals surface area contributed by atoms with Crippen molar-refractivity contribution in [2.75, 3.05) is 5.32 Å². The van der Waals surface area contributed by atoms with Crippen LogP contribution >= 0.6 is 0 Å². The third-order valence-corrected chi connectivity index (χ3v) is 5.47. The van der Waals surface area contributed by atoms with Gasteiger partial charge in [-0.05, 0) is 42.8 Å². The molecular formula is C22H19F2N7O. The number of halogens is 2. The van der Waals surface area contributed by atoms with E-state index in [1.54, 1.807) is 35.9 Å². The van der Waals surface area contributed by atoms with Crippen molar-refractivity contribution in [1.29, 1.82) is 0 Å². The fraction of sp³-hybridized carbons (Fsp3) is 0.227. The van der Waals surface area contributed by atoms with Gasteiger partial charge in [-0.2, -0.15) is 10.1 Å². The van der Waals surface area contributed by atoms with Crippen LogP contribution < -0.4 is 5.32 Å². The summed E-state index contributed by atoms with van der Waals surface area (Å²) in [5.74, 6) is 0.435. The van der Waals surface area contributed by atoms with Crippen LogP contribution in [0.15, 0.2) is 48.8 Å². The summed E-state index contributed by atoms with van der Waals surface area (Å²) in [6.07, 6.45) is 1.98. The first-order chi connectivity index (χ1) is 15.5. The second-order valence-corrected chi connectivity index (χ2v) is 7.62. The fourth-order valence-electron chi connectivity index (χ4n) is 3.86. The minimum Gasteiger partial charge on any atom is -0.323 e. The van der Waals surface area contributed by atoms with Gasteiger partial charge >= 0.3 is 0 Å². The van der Waals surface area contributed by atoms with Gasteiger partial charge in [-0.1, -0.05) is 12.1 Å². The number of nitrogens with zero attached hydrogens (tertiary/aromatic N) is 6. The largest absolute Gasteiger partial charge is 0.323 e. The van der Waals surface area contributed by atoms with Crippen molar-refractivity contribution in [3.05, 3.63) is 77.6 Å². The molecule has 4 aromatic rings. The molecule has 5 rings (SSSR count). The molecule has 2 aromatic heterocycles. The molecule has 162 valence electrons. The van der Waals surface area contributed by atoms with Crippen LogP contribution in [0.2, 0.25) is 0 Å². The number of carbonyl (C=O) groups is 1. The molecule has 0 aliphatic carbocycles. The molecule has 1 aliphatic rings. The molecule has 2 aromatic carbocycles. The number of aryl methyl sites for hydroxylation is 2. The van der Waals surface area contributed by atoms with E-state index in [1.165, 1.54) is 29.2 Å². The lowest BCUT2D eigenvalue weighted by Gasteiger charge is -2.13. The van der Waals surface area contributed by atoms with Gasteiger partial charge in [-0.15, -0.1) is 5.10 Å². The molecule has 3 heterocycles. The zero-order chi connectivity index (χ0) is 22.2. The lowest BCUT2D eigenvalue weighted by Crippen LogP contribution is -2.09. The maximum absolute atomic E-state index is 14.7. The van der Waals surface area contributed by atoms with E-state index in [0.29, 0.717) is 36.3 Å². The standard InChI is InChI=1S/C22H19F2N7O/c1-13-25-12-26-31(13)20-7-6-16(10-19(20)24)27-22-28-21-18(14-2-4-15(23)5-3-14)11-17(32)8-9-30(21)29-22/h2-7,10,12,18H,8-9,11H2,1H3,(H,27,29). The van der Waals surface area contributed by atoms with Crippen LogP contribution in [-0.4, -0.2) is 35.3 Å². The number of nitrogens with one attached hydrogen (secondary N) is 1. The molecule has 10 heteroatoms. The second kappa shape index (κ2) is 7.95. The Balaban J connectivity index is 1.44. The Hall–Kier alpha value is -3.95. The Morgan fingerprint density at radius 3 is 2.66 bits per heavy atom. The Morgan fingerprint density at radius 1 is 1.12 bits per heavy atom. The van der Waals surface area contributed by atoms with Crippen LogP contribution in [0.25, 0.3) is 5.69 Å². The van der Waals surface area contributed by atoms with Crippen LogP contribution in [0.3, 0.4) is 0 Å². The summed E-state index contributed by atoms with van der Waals surface area (Å²) in [6.45, 7) is 2.14. The number of Topliss-reactive ketones (excluding diaryl/α,β-unsaturated/α-hetero) is 1. The quantitative estimate of drug-likeness (QED) is 0.526. The average molecular weight is 435 g/mol. The molecule has 0 saturated heterocycles. The summed E-state index contributed by atoms with van der Waals surface area (Å²) in [7, 11) is 0. The van der Waals surface area contributed by atoms with E-state index in [9.17, 15) is 13.6 Å². The third kappa shape index (κ3) is 3.75. The zero-order valence-corrected chi connectivity index (χ0v) is 17.2. The number of aromatic nitrogens is 6. The molecular weight excluding hydrogens is 416 g/mol. The van der Waals surface area contributed by atoms with Gasteiger partial charge in [0, 0.05) is 25.1 Å². The Kier molecular flexibility index (Phi) is 4.96. The highest BCUT2D eigenvalue weighted by atomic mass is 19.1. The van der Waals surface area contributed by atoms with Gasteiger partial charge < -0.3 is 5.32 Å². The minimum absolute atomic E-state index is 0.0993. The number of anilines is 2. The number of ketones is 1. The molecule has 1 N–H and O–H groups in total. The minimum atomic E-state index is -0.473. The first-order valence-corrected chi connectivity index (χ1v) is 10.1. The third-order valence-electron chi connectivity index (χ3n) is 5.47. The summed E-state index contributed by atoms with van der Waals surface area (Å²) >= 11 is 0. The lowest BCUT2D eigenvalue weighted by molar-refractivity contribution is -0.119. The summed E-state index contributed by atoms with van der Waals surface area (Å²) in [5, 5.41) is 11.5. The number of rotatable bonds is 4. The second-order valence-electron chi connectivity index (χ2n) is 7.62. The summed E-state index contributed by atoms with van der Waals surface area (Å²) in [5.41, 5.74) is 1.55. The molecule has 8 nitrogen and oxygen atoms in total. The number of benzene rings is 2. The van der Waals surface area contributed by atoms with Crippen molar-refractivity contribution in [1.82, 2.24) is 29.5 Å². The van der Waals surface area contributed by atoms with Crippen molar-refractivity contribution in [2.24, 2.45) is 0 Å². The van der Waals surface area contributed by atoms with E-state index in [1.807, 2.05) is 0 Å². The highest BCUT2D eigenvalue weighted by Gasteiger charge is 2.28. The smallest absolute Gasteiger partial charge is 0.246 e. The van der Waals surface area contributed by atoms with E-state index in [-0.39, 0.29) is 29.6 Å². The highest BCUT2D eigenvalue weighted by Crippen LogP contribution is 2.31. The predicted molar refractivity (Wildman–Crippen MR) is 112 cm³/mol. The predicted octanol–water partition coefficient (Wildman–Crippen LogP) is 3.68. The van der Waals surface area contributed by atoms with Crippen LogP contribution in [-0.2, 0) is 11.3 Å². The van der Waals surface area contributed by atoms with Crippen molar-refractivity contribution < 1.29 is 13.6 Å². The van der Waals surface area contributed by atoms with Crippen molar-refractivity contribution in [2.45, 2.75) is 32.2 Å². The van der Waals surface area contributed by atoms with E-state index < -0.39 is 5.82 Å². The van der Waals surface area contributed by atoms with Crippen LogP contribution in [0.5, 0.6) is 0 Å². The molecule has 0 radical (unpaired) electrons. The number of fused-ring (bicyclic) bond motifs is 1. The molecule has 0 saturated carbocycles. The molecule has 0 amide bonds. The lowest BCUT2D eigenvalue weighted by atomic mass is 9.93. The van der Waals surface area contributed by atoms with Gasteiger partial charge in [0.2, 0.25) is 5.95 Å². The van der Waals surface area contributed by atoms with E-state index in [0.717, 1.165) is 5.56 Å². The number of hydrogen-bond donors (Lipinski definition) is 1. The average Bonchev–Trinajstić information content (AvgIpc) is 3.33. The van der Waals surface area contributed by atoms with Gasteiger partial charge in [0.05, 0.1) is 5.92 Å². The van der Waals surface area contributed by atoms with Crippen LogP contribution in [0, 0.1) is 18.6 Å². The molecule has 0 fully saturated rings. The van der Waals surface area contributed by atoms with Crippen molar-refractivity contribution in [3.8, 4) is 5.69 Å². The van der Waals surface area contributed by atoms with Gasteiger partial charge in [0.25, 0.3) is 0 Å². The topological polar surface area (TPSA) is 90.5 Å².